The van der Waals surface area contributed by atoms with Crippen LogP contribution in [0.4, 0.5) is 0 Å². The Hall–Kier alpha value is -4.23. The minimum atomic E-state index is -3.05. The van der Waals surface area contributed by atoms with E-state index in [9.17, 15) is 29.7 Å². The van der Waals surface area contributed by atoms with Gasteiger partial charge in [-0.3, -0.25) is 14.4 Å². The summed E-state index contributed by atoms with van der Waals surface area (Å²) in [7, 11) is 0. The largest absolute Gasteiger partial charge is 0.393 e. The molecular weight excluding hydrogens is 853 g/mol. The molecule has 0 radical (unpaired) electrons. The van der Waals surface area contributed by atoms with Crippen LogP contribution in [0.5, 0.6) is 0 Å². The van der Waals surface area contributed by atoms with Gasteiger partial charge in [-0.05, 0) is 135 Å². The summed E-state index contributed by atoms with van der Waals surface area (Å²) in [5.41, 5.74) is -5.99. The van der Waals surface area contributed by atoms with Crippen molar-refractivity contribution < 1.29 is 29.7 Å². The zero-order valence-electron chi connectivity index (χ0n) is 43.8. The van der Waals surface area contributed by atoms with Crippen LogP contribution >= 0.6 is 0 Å². The number of rotatable bonds is 47. The van der Waals surface area contributed by atoms with Gasteiger partial charge in [0.05, 0.1) is 6.61 Å². The van der Waals surface area contributed by atoms with Gasteiger partial charge in [0.25, 0.3) is 0 Å². The molecule has 6 heteroatoms. The number of allylic oxidation sites excluding steroid dienone is 24. The molecule has 0 aliphatic carbocycles. The van der Waals surface area contributed by atoms with E-state index in [0.717, 1.165) is 77.0 Å². The monoisotopic (exact) mass is 951 g/mol. The standard InChI is InChI=1S/C63H98O6/c1-4-7-10-13-16-19-22-25-28-31-34-37-40-43-46-49-52-55-59(65)62(68,58-64)63(69,60(66)56-53-50-47-44-41-38-35-32-29-26-23-20-17-14-11-8-5-2)61(67)57-54-51-48-45-42-39-36-33-30-27-24-21-18-15-12-9-6-3/h16-21,25-30,34-39,43-48,64,68-69H,4-15,22-24,31-33,40-42,49-58H2,1-3H3/b19-16-,20-17-,21-18-,28-25-,29-26-,30-27-,37-34-,38-35-,39-36-,46-43-,47-44-,48-45-. The highest BCUT2D eigenvalue weighted by Crippen LogP contribution is 2.31. The van der Waals surface area contributed by atoms with Crippen LogP contribution in [0.25, 0.3) is 0 Å². The minimum absolute atomic E-state index is 0.206. The first-order chi connectivity index (χ1) is 33.8. The van der Waals surface area contributed by atoms with Crippen molar-refractivity contribution in [3.05, 3.63) is 146 Å². The van der Waals surface area contributed by atoms with Crippen LogP contribution in [0.2, 0.25) is 0 Å². The third kappa shape index (κ3) is 35.5. The zero-order valence-corrected chi connectivity index (χ0v) is 43.8. The summed E-state index contributed by atoms with van der Waals surface area (Å²) in [6.45, 7) is 5.41. The van der Waals surface area contributed by atoms with E-state index in [1.54, 1.807) is 0 Å². The summed E-state index contributed by atoms with van der Waals surface area (Å²) in [4.78, 5) is 41.2. The molecule has 0 fully saturated rings. The third-order valence-corrected chi connectivity index (χ3v) is 11.8. The number of aliphatic hydroxyl groups excluding tert-OH is 1. The maximum atomic E-state index is 13.8. The lowest BCUT2D eigenvalue weighted by molar-refractivity contribution is -0.194. The fourth-order valence-corrected chi connectivity index (χ4v) is 7.41. The van der Waals surface area contributed by atoms with E-state index < -0.39 is 35.2 Å². The first kappa shape index (κ1) is 64.8. The van der Waals surface area contributed by atoms with Gasteiger partial charge in [-0.25, -0.2) is 0 Å². The van der Waals surface area contributed by atoms with Gasteiger partial charge in [-0.15, -0.1) is 0 Å². The topological polar surface area (TPSA) is 112 Å². The Morgan fingerprint density at radius 3 is 0.725 bits per heavy atom. The van der Waals surface area contributed by atoms with Crippen LogP contribution in [0.3, 0.4) is 0 Å². The van der Waals surface area contributed by atoms with E-state index in [1.165, 1.54) is 57.8 Å². The molecule has 1 unspecified atom stereocenters. The highest BCUT2D eigenvalue weighted by Gasteiger charge is 2.62. The number of hydrogen-bond donors (Lipinski definition) is 3. The molecule has 0 spiro atoms. The highest BCUT2D eigenvalue weighted by molar-refractivity contribution is 6.16. The average molecular weight is 951 g/mol. The molecule has 3 N–H and O–H groups in total. The Labute approximate surface area is 422 Å². The molecule has 0 saturated carbocycles. The number of unbranched alkanes of at least 4 members (excludes halogenated alkanes) is 12. The molecule has 1 atom stereocenters. The first-order valence-corrected chi connectivity index (χ1v) is 27.2. The van der Waals surface area contributed by atoms with E-state index in [0.29, 0.717) is 38.5 Å². The van der Waals surface area contributed by atoms with Gasteiger partial charge in [0.1, 0.15) is 0 Å². The van der Waals surface area contributed by atoms with Gasteiger partial charge < -0.3 is 15.3 Å². The van der Waals surface area contributed by atoms with Crippen molar-refractivity contribution in [2.45, 2.75) is 225 Å². The van der Waals surface area contributed by atoms with Crippen LogP contribution in [-0.4, -0.2) is 50.5 Å². The van der Waals surface area contributed by atoms with Crippen LogP contribution in [0.15, 0.2) is 146 Å². The fourth-order valence-electron chi connectivity index (χ4n) is 7.41. The van der Waals surface area contributed by atoms with Crippen molar-refractivity contribution in [2.75, 3.05) is 6.61 Å². The maximum absolute atomic E-state index is 13.8. The Morgan fingerprint density at radius 2 is 0.507 bits per heavy atom. The number of hydrogen-bond acceptors (Lipinski definition) is 6. The van der Waals surface area contributed by atoms with Gasteiger partial charge in [-0.2, -0.15) is 0 Å². The summed E-state index contributed by atoms with van der Waals surface area (Å²) >= 11 is 0. The molecule has 0 saturated heterocycles. The number of carbonyl (C=O) groups is 3. The van der Waals surface area contributed by atoms with Crippen molar-refractivity contribution in [2.24, 2.45) is 0 Å². The number of Topliss-reactive ketones (excluding diaryl/α,β-unsaturated/α-hetero) is 3. The minimum Gasteiger partial charge on any atom is -0.393 e. The molecule has 0 aliphatic rings. The van der Waals surface area contributed by atoms with E-state index in [1.807, 2.05) is 36.5 Å². The van der Waals surface area contributed by atoms with E-state index in [2.05, 4.69) is 130 Å². The van der Waals surface area contributed by atoms with Gasteiger partial charge in [-0.1, -0.05) is 205 Å². The second-order valence-corrected chi connectivity index (χ2v) is 17.9. The highest BCUT2D eigenvalue weighted by atomic mass is 16.4. The summed E-state index contributed by atoms with van der Waals surface area (Å²) in [6, 6.07) is 0. The molecule has 0 aromatic carbocycles. The molecule has 69 heavy (non-hydrogen) atoms. The second kappa shape index (κ2) is 48.8. The molecule has 0 bridgehead atoms. The van der Waals surface area contributed by atoms with Crippen molar-refractivity contribution >= 4 is 17.3 Å². The lowest BCUT2D eigenvalue weighted by atomic mass is 9.71. The van der Waals surface area contributed by atoms with Gasteiger partial charge in [0.2, 0.25) is 5.60 Å². The van der Waals surface area contributed by atoms with Crippen molar-refractivity contribution in [1.29, 1.82) is 0 Å². The fraction of sp³-hybridized carbons (Fsp3) is 0.571. The summed E-state index contributed by atoms with van der Waals surface area (Å²) in [5, 5.41) is 34.1. The average Bonchev–Trinajstić information content (AvgIpc) is 3.35. The third-order valence-electron chi connectivity index (χ3n) is 11.8. The second-order valence-electron chi connectivity index (χ2n) is 17.9. The number of aliphatic hydroxyl groups is 3. The molecule has 6 nitrogen and oxygen atoms in total. The lowest BCUT2D eigenvalue weighted by Crippen LogP contribution is -2.69. The SMILES string of the molecule is CCCCC/C=C\C/C=C\C/C=C\C/C=C\CCCC(=O)C(O)(CO)C(O)(C(=O)CCC/C=C\C/C=C\C/C=C\C/C=C\CCCCC)C(=O)CCC/C=C\C/C=C\C/C=C\C/C=C\CCCCC. The van der Waals surface area contributed by atoms with Crippen molar-refractivity contribution in [3.63, 3.8) is 0 Å². The van der Waals surface area contributed by atoms with Gasteiger partial charge in [0.15, 0.2) is 23.0 Å². The Kier molecular flexibility index (Phi) is 45.8. The molecule has 0 heterocycles. The van der Waals surface area contributed by atoms with Gasteiger partial charge in [0, 0.05) is 19.3 Å². The number of carbonyl (C=O) groups excluding carboxylic acids is 3. The smallest absolute Gasteiger partial charge is 0.219 e. The zero-order chi connectivity index (χ0) is 50.6. The van der Waals surface area contributed by atoms with E-state index >= 15 is 0 Å². The van der Waals surface area contributed by atoms with Crippen LogP contribution in [-0.2, 0) is 14.4 Å². The maximum Gasteiger partial charge on any atom is 0.219 e. The number of ketones is 3. The van der Waals surface area contributed by atoms with Crippen LogP contribution < -0.4 is 0 Å². The van der Waals surface area contributed by atoms with Gasteiger partial charge >= 0.3 is 0 Å². The quantitative estimate of drug-likeness (QED) is 0.0318. The van der Waals surface area contributed by atoms with E-state index in [-0.39, 0.29) is 19.3 Å². The molecular formula is C63H98O6. The van der Waals surface area contributed by atoms with E-state index in [4.69, 9.17) is 0 Å². The summed E-state index contributed by atoms with van der Waals surface area (Å²) < 4.78 is 0. The summed E-state index contributed by atoms with van der Waals surface area (Å²) in [6.07, 6.45) is 75.1. The Morgan fingerprint density at radius 1 is 0.304 bits per heavy atom. The Bertz CT molecular complexity index is 1570. The molecule has 0 aliphatic heterocycles. The van der Waals surface area contributed by atoms with Crippen molar-refractivity contribution in [3.8, 4) is 0 Å². The Balaban J connectivity index is 5.29. The molecule has 0 amide bonds. The first-order valence-electron chi connectivity index (χ1n) is 27.2. The molecule has 0 rings (SSSR count). The molecule has 386 valence electrons. The molecule has 0 aromatic rings. The van der Waals surface area contributed by atoms with Crippen LogP contribution in [0, 0.1) is 0 Å². The summed E-state index contributed by atoms with van der Waals surface area (Å²) in [5.74, 6) is -2.79. The predicted molar refractivity (Wildman–Crippen MR) is 297 cm³/mol. The molecule has 0 aromatic heterocycles. The lowest BCUT2D eigenvalue weighted by Gasteiger charge is -2.39. The van der Waals surface area contributed by atoms with Crippen molar-refractivity contribution in [1.82, 2.24) is 0 Å². The normalized spacial score (nSPS) is 14.2. The van der Waals surface area contributed by atoms with Crippen LogP contribution in [0.1, 0.15) is 213 Å². The predicted octanol–water partition coefficient (Wildman–Crippen LogP) is 16.6.